The molecule has 0 aromatic heterocycles. The molecule has 0 rings (SSSR count). The minimum Gasteiger partial charge on any atom is -0.302 e. The fraction of sp³-hybridized carbons (Fsp3) is 1.00. The number of phosphoric acid groups is 1. The molecule has 0 aromatic rings. The second-order valence-electron chi connectivity index (χ2n) is 2.25. The van der Waals surface area contributed by atoms with Gasteiger partial charge in [-0.15, -0.1) is 0 Å². The second-order valence-corrected chi connectivity index (χ2v) is 18.2. The number of hydrogen-bond donors (Lipinski definition) is 1. The van der Waals surface area contributed by atoms with Crippen LogP contribution in [0.15, 0.2) is 0 Å². The van der Waals surface area contributed by atoms with Crippen LogP contribution in [-0.4, -0.2) is 22.4 Å². The van der Waals surface area contributed by atoms with Crippen molar-refractivity contribution in [2.45, 2.75) is 4.29 Å². The summed E-state index contributed by atoms with van der Waals surface area (Å²) in [6.45, 7) is -0.193. The van der Waals surface area contributed by atoms with Crippen molar-refractivity contribution in [3.05, 3.63) is 0 Å². The SMILES string of the molecule is O=P(O)(OCC(Br)(Br)Br)OCC(Br)(Br)Br. The molecule has 15 heavy (non-hydrogen) atoms. The van der Waals surface area contributed by atoms with Crippen molar-refractivity contribution in [1.82, 2.24) is 0 Å². The van der Waals surface area contributed by atoms with Gasteiger partial charge in [-0.1, -0.05) is 95.6 Å². The summed E-state index contributed by atoms with van der Waals surface area (Å²) in [5.41, 5.74) is 0. The zero-order valence-corrected chi connectivity index (χ0v) is 17.2. The molecule has 0 atom stereocenters. The van der Waals surface area contributed by atoms with Gasteiger partial charge in [0, 0.05) is 0 Å². The van der Waals surface area contributed by atoms with Crippen LogP contribution in [-0.2, 0) is 13.6 Å². The van der Waals surface area contributed by atoms with Gasteiger partial charge in [0.05, 0.1) is 13.2 Å². The average molecular weight is 627 g/mol. The molecule has 0 saturated heterocycles. The molecule has 0 aliphatic heterocycles. The molecule has 4 nitrogen and oxygen atoms in total. The summed E-state index contributed by atoms with van der Waals surface area (Å²) in [5.74, 6) is 0. The highest BCUT2D eigenvalue weighted by Gasteiger charge is 2.30. The van der Waals surface area contributed by atoms with Gasteiger partial charge < -0.3 is 4.89 Å². The van der Waals surface area contributed by atoms with Crippen molar-refractivity contribution in [3.8, 4) is 0 Å². The first kappa shape index (κ1) is 18.0. The molecular weight excluding hydrogens is 622 g/mol. The monoisotopic (exact) mass is 622 g/mol. The topological polar surface area (TPSA) is 55.8 Å². The lowest BCUT2D eigenvalue weighted by Crippen LogP contribution is -2.14. The van der Waals surface area contributed by atoms with Crippen molar-refractivity contribution in [1.29, 1.82) is 0 Å². The highest BCUT2D eigenvalue weighted by atomic mass is 80.0. The first-order valence-corrected chi connectivity index (χ1v) is 9.42. The van der Waals surface area contributed by atoms with E-state index in [4.69, 9.17) is 0 Å². The number of alkyl halides is 6. The Balaban J connectivity index is 4.04. The lowest BCUT2D eigenvalue weighted by molar-refractivity contribution is 0.158. The van der Waals surface area contributed by atoms with Crippen LogP contribution in [0, 0.1) is 0 Å². The quantitative estimate of drug-likeness (QED) is 0.360. The Morgan fingerprint density at radius 1 is 0.933 bits per heavy atom. The molecule has 0 saturated carbocycles. The number of rotatable bonds is 4. The molecule has 0 aromatic carbocycles. The van der Waals surface area contributed by atoms with Crippen LogP contribution in [0.3, 0.4) is 0 Å². The Labute approximate surface area is 138 Å². The number of hydrogen-bond acceptors (Lipinski definition) is 3. The van der Waals surface area contributed by atoms with Gasteiger partial charge in [0.1, 0.15) is 0 Å². The molecule has 0 spiro atoms. The van der Waals surface area contributed by atoms with E-state index in [1.54, 1.807) is 0 Å². The van der Waals surface area contributed by atoms with E-state index in [-0.39, 0.29) is 13.2 Å². The standard InChI is InChI=1S/C4H5Br6O4P/c5-3(6,7)1-13-15(11,12)14-2-4(8,9)10/h1-2H2,(H,11,12). The van der Waals surface area contributed by atoms with Crippen molar-refractivity contribution >= 4 is 103 Å². The molecule has 0 radical (unpaired) electrons. The Hall–Kier alpha value is 2.99. The summed E-state index contributed by atoms with van der Waals surface area (Å²) in [6.07, 6.45) is 0. The van der Waals surface area contributed by atoms with Gasteiger partial charge in [-0.05, 0) is 0 Å². The van der Waals surface area contributed by atoms with Crippen molar-refractivity contribution < 1.29 is 18.5 Å². The third-order valence-corrected chi connectivity index (χ3v) is 3.07. The minimum atomic E-state index is -4.07. The minimum absolute atomic E-state index is 0.0966. The van der Waals surface area contributed by atoms with E-state index >= 15 is 0 Å². The van der Waals surface area contributed by atoms with Gasteiger partial charge in [0.25, 0.3) is 0 Å². The van der Waals surface area contributed by atoms with E-state index in [9.17, 15) is 9.46 Å². The van der Waals surface area contributed by atoms with Crippen molar-refractivity contribution in [3.63, 3.8) is 0 Å². The fourth-order valence-electron chi connectivity index (χ4n) is 0.347. The van der Waals surface area contributed by atoms with E-state index in [0.717, 1.165) is 0 Å². The normalized spacial score (nSPS) is 14.3. The molecule has 0 fully saturated rings. The molecule has 0 heterocycles. The van der Waals surface area contributed by atoms with E-state index in [1.807, 2.05) is 0 Å². The third-order valence-electron chi connectivity index (χ3n) is 0.783. The fourth-order valence-corrected chi connectivity index (χ4v) is 2.88. The van der Waals surface area contributed by atoms with E-state index in [1.165, 1.54) is 0 Å². The zero-order valence-electron chi connectivity index (χ0n) is 6.80. The second kappa shape index (κ2) is 6.96. The van der Waals surface area contributed by atoms with Crippen molar-refractivity contribution in [2.75, 3.05) is 13.2 Å². The lowest BCUT2D eigenvalue weighted by Gasteiger charge is -2.18. The van der Waals surface area contributed by atoms with Crippen LogP contribution in [0.2, 0.25) is 0 Å². The summed E-state index contributed by atoms with van der Waals surface area (Å²) in [7, 11) is -4.07. The highest BCUT2D eigenvalue weighted by molar-refractivity contribution is 9.39. The summed E-state index contributed by atoms with van der Waals surface area (Å²) in [6, 6.07) is 0. The third kappa shape index (κ3) is 13.2. The van der Waals surface area contributed by atoms with E-state index < -0.39 is 12.1 Å². The van der Waals surface area contributed by atoms with Crippen LogP contribution in [0.25, 0.3) is 0 Å². The molecule has 0 amide bonds. The average Bonchev–Trinajstić information content (AvgIpc) is 1.96. The smallest absolute Gasteiger partial charge is 0.302 e. The Kier molecular flexibility index (Phi) is 8.34. The first-order valence-electron chi connectivity index (χ1n) is 3.17. The van der Waals surface area contributed by atoms with Gasteiger partial charge in [0.2, 0.25) is 0 Å². The molecule has 11 heteroatoms. The van der Waals surface area contributed by atoms with E-state index in [0.29, 0.717) is 0 Å². The van der Waals surface area contributed by atoms with Gasteiger partial charge in [-0.2, -0.15) is 0 Å². The zero-order chi connectivity index (χ0) is 12.3. The number of phosphoric ester groups is 1. The van der Waals surface area contributed by atoms with Crippen LogP contribution in [0.4, 0.5) is 0 Å². The predicted molar refractivity (Wildman–Crippen MR) is 80.8 cm³/mol. The maximum Gasteiger partial charge on any atom is 0.472 e. The van der Waals surface area contributed by atoms with E-state index in [2.05, 4.69) is 105 Å². The maximum absolute atomic E-state index is 11.3. The summed E-state index contributed by atoms with van der Waals surface area (Å²) in [4.78, 5) is 9.23. The molecule has 0 aliphatic carbocycles. The molecule has 0 aliphatic rings. The lowest BCUT2D eigenvalue weighted by atomic mass is 10.9. The van der Waals surface area contributed by atoms with Crippen molar-refractivity contribution in [2.24, 2.45) is 0 Å². The molecule has 0 unspecified atom stereocenters. The predicted octanol–water partition coefficient (Wildman–Crippen LogP) is 4.80. The van der Waals surface area contributed by atoms with Gasteiger partial charge >= 0.3 is 7.82 Å². The summed E-state index contributed by atoms with van der Waals surface area (Å²) < 4.78 is 19.1. The molecule has 92 valence electrons. The summed E-state index contributed by atoms with van der Waals surface area (Å²) >= 11 is 18.7. The van der Waals surface area contributed by atoms with Crippen LogP contribution in [0.1, 0.15) is 0 Å². The van der Waals surface area contributed by atoms with Crippen LogP contribution >= 0.6 is 103 Å². The number of halogens is 6. The van der Waals surface area contributed by atoms with Crippen LogP contribution in [0.5, 0.6) is 0 Å². The van der Waals surface area contributed by atoms with Gasteiger partial charge in [-0.3, -0.25) is 9.05 Å². The summed E-state index contributed by atoms with van der Waals surface area (Å²) in [5, 5.41) is 0. The molecular formula is C4H5Br6O4P. The Morgan fingerprint density at radius 2 is 1.20 bits per heavy atom. The van der Waals surface area contributed by atoms with Gasteiger partial charge in [0.15, 0.2) is 4.29 Å². The molecule has 1 N–H and O–H groups in total. The largest absolute Gasteiger partial charge is 0.472 e. The first-order chi connectivity index (χ1) is 6.41. The Morgan fingerprint density at radius 3 is 1.40 bits per heavy atom. The highest BCUT2D eigenvalue weighted by Crippen LogP contribution is 2.49. The van der Waals surface area contributed by atoms with Crippen LogP contribution < -0.4 is 0 Å². The van der Waals surface area contributed by atoms with Gasteiger partial charge in [-0.25, -0.2) is 4.57 Å². The molecule has 0 bridgehead atoms. The Bertz CT molecular complexity index is 224. The maximum atomic E-state index is 11.3.